The second-order valence-electron chi connectivity index (χ2n) is 16.8. The van der Waals surface area contributed by atoms with E-state index in [1.165, 1.54) is 109 Å². The Kier molecular flexibility index (Phi) is 7.60. The third-order valence-corrected chi connectivity index (χ3v) is 13.9. The molecule has 1 nitrogen and oxygen atoms in total. The van der Waals surface area contributed by atoms with Crippen LogP contribution >= 0.6 is 0 Å². The molecule has 0 aromatic heterocycles. The second-order valence-corrected chi connectivity index (χ2v) is 16.8. The van der Waals surface area contributed by atoms with Gasteiger partial charge in [0.05, 0.1) is 5.69 Å². The van der Waals surface area contributed by atoms with E-state index in [1.54, 1.807) is 5.56 Å². The Morgan fingerprint density at radius 2 is 0.983 bits per heavy atom. The molecule has 9 aromatic carbocycles. The first-order chi connectivity index (χ1) is 28.7. The molecule has 3 atom stereocenters. The minimum absolute atomic E-state index is 0.0894. The van der Waals surface area contributed by atoms with Gasteiger partial charge in [-0.3, -0.25) is 0 Å². The average Bonchev–Trinajstić information content (AvgIpc) is 3.99. The Bertz CT molecular complexity index is 3050. The summed E-state index contributed by atoms with van der Waals surface area (Å²) in [6.45, 7) is 0. The molecule has 0 amide bonds. The smallest absolute Gasteiger partial charge is 0.0540 e. The fraction of sp³-hybridized carbons (Fsp3) is 0.123. The maximum atomic E-state index is 2.59. The second kappa shape index (κ2) is 13.2. The van der Waals surface area contributed by atoms with Crippen molar-refractivity contribution in [3.05, 3.63) is 211 Å². The van der Waals surface area contributed by atoms with Crippen molar-refractivity contribution in [3.63, 3.8) is 0 Å². The van der Waals surface area contributed by atoms with Gasteiger partial charge in [-0.2, -0.15) is 0 Å². The molecule has 3 aliphatic rings. The largest absolute Gasteiger partial charge is 0.310 e. The van der Waals surface area contributed by atoms with Gasteiger partial charge >= 0.3 is 0 Å². The molecule has 1 heteroatoms. The Balaban J connectivity index is 1.09. The molecule has 3 unspecified atom stereocenters. The topological polar surface area (TPSA) is 3.24 Å². The molecule has 0 aliphatic heterocycles. The van der Waals surface area contributed by atoms with Gasteiger partial charge in [0.15, 0.2) is 0 Å². The van der Waals surface area contributed by atoms with Crippen molar-refractivity contribution < 1.29 is 0 Å². The van der Waals surface area contributed by atoms with E-state index >= 15 is 0 Å². The van der Waals surface area contributed by atoms with E-state index in [4.69, 9.17) is 0 Å². The quantitative estimate of drug-likeness (QED) is 0.153. The summed E-state index contributed by atoms with van der Waals surface area (Å²) in [7, 11) is 0. The summed E-state index contributed by atoms with van der Waals surface area (Å²) in [5.74, 6) is 1.51. The monoisotopic (exact) mass is 741 g/mol. The highest BCUT2D eigenvalue weighted by molar-refractivity contribution is 6.09. The molecular formula is C57H43N. The summed E-state index contributed by atoms with van der Waals surface area (Å²) in [5.41, 5.74) is 16.9. The highest BCUT2D eigenvalue weighted by Crippen LogP contribution is 2.66. The first-order valence-corrected chi connectivity index (χ1v) is 21.0. The lowest BCUT2D eigenvalue weighted by atomic mass is 9.67. The number of nitrogens with zero attached hydrogens (tertiary/aromatic N) is 1. The molecule has 12 rings (SSSR count). The lowest BCUT2D eigenvalue weighted by molar-refractivity contribution is 0.327. The molecule has 3 aliphatic carbocycles. The third kappa shape index (κ3) is 5.02. The number of rotatable bonds is 6. The van der Waals surface area contributed by atoms with Crippen LogP contribution in [-0.4, -0.2) is 0 Å². The van der Waals surface area contributed by atoms with Crippen LogP contribution in [0.4, 0.5) is 17.1 Å². The zero-order chi connectivity index (χ0) is 38.2. The van der Waals surface area contributed by atoms with E-state index in [0.29, 0.717) is 5.92 Å². The van der Waals surface area contributed by atoms with Crippen LogP contribution in [-0.2, 0) is 5.41 Å². The van der Waals surface area contributed by atoms with E-state index in [0.717, 1.165) is 11.6 Å². The highest BCUT2D eigenvalue weighted by atomic mass is 15.1. The van der Waals surface area contributed by atoms with Gasteiger partial charge in [-0.1, -0.05) is 176 Å². The summed E-state index contributed by atoms with van der Waals surface area (Å²) in [6.07, 6.45) is 5.32. The van der Waals surface area contributed by atoms with Crippen LogP contribution < -0.4 is 4.90 Å². The molecule has 2 fully saturated rings. The summed E-state index contributed by atoms with van der Waals surface area (Å²) in [4.78, 5) is 2.55. The summed E-state index contributed by atoms with van der Waals surface area (Å²) in [5, 5.41) is 5.09. The van der Waals surface area contributed by atoms with Gasteiger partial charge in [0, 0.05) is 22.4 Å². The molecule has 0 N–H and O–H groups in total. The van der Waals surface area contributed by atoms with Gasteiger partial charge in [0.1, 0.15) is 0 Å². The van der Waals surface area contributed by atoms with E-state index < -0.39 is 0 Å². The van der Waals surface area contributed by atoms with Crippen molar-refractivity contribution >= 4 is 38.6 Å². The Morgan fingerprint density at radius 1 is 0.397 bits per heavy atom. The van der Waals surface area contributed by atoms with Crippen LogP contribution in [0.2, 0.25) is 0 Å². The Morgan fingerprint density at radius 3 is 1.78 bits per heavy atom. The maximum Gasteiger partial charge on any atom is 0.0540 e. The predicted molar refractivity (Wildman–Crippen MR) is 244 cm³/mol. The van der Waals surface area contributed by atoms with Crippen molar-refractivity contribution in [2.75, 3.05) is 4.90 Å². The van der Waals surface area contributed by atoms with E-state index in [9.17, 15) is 0 Å². The highest BCUT2D eigenvalue weighted by Gasteiger charge is 2.56. The average molecular weight is 742 g/mol. The molecule has 0 saturated heterocycles. The number of benzene rings is 9. The van der Waals surface area contributed by atoms with Crippen LogP contribution in [0.1, 0.15) is 36.8 Å². The number of anilines is 3. The molecule has 58 heavy (non-hydrogen) atoms. The first-order valence-electron chi connectivity index (χ1n) is 21.0. The molecule has 0 heterocycles. The van der Waals surface area contributed by atoms with Crippen molar-refractivity contribution in [2.45, 2.75) is 31.1 Å². The van der Waals surface area contributed by atoms with E-state index in [2.05, 4.69) is 205 Å². The van der Waals surface area contributed by atoms with Gasteiger partial charge < -0.3 is 4.90 Å². The van der Waals surface area contributed by atoms with Crippen LogP contribution in [0.3, 0.4) is 0 Å². The fourth-order valence-corrected chi connectivity index (χ4v) is 11.5. The standard InChI is InChI=1S/C57H43N/c1-2-14-39(15-3-1)46-18-6-7-19-48(46)49-20-8-9-21-50(49)53-23-11-13-25-56(53)58(43-30-32-47-41(35-43)28-27-40-16-4-5-17-45(40)47)44-31-33-52-51-22-10-12-24-54(51)57(55(52)36-44)37-38-26-29-42(57)34-38/h1-25,27-28,30-33,35-36,38,42H,26,29,34,37H2. The van der Waals surface area contributed by atoms with Gasteiger partial charge in [-0.25, -0.2) is 0 Å². The third-order valence-electron chi connectivity index (χ3n) is 13.9. The number of para-hydroxylation sites is 1. The number of fused-ring (bicyclic) bond motifs is 11. The minimum Gasteiger partial charge on any atom is -0.310 e. The molecule has 0 radical (unpaired) electrons. The summed E-state index contributed by atoms with van der Waals surface area (Å²) in [6, 6.07) is 74.9. The molecule has 2 bridgehead atoms. The van der Waals surface area contributed by atoms with Crippen molar-refractivity contribution in [2.24, 2.45) is 11.8 Å². The SMILES string of the molecule is c1ccc(-c2ccccc2-c2ccccc2-c2ccccc2N(c2ccc3c(c2)C2(CC4CCC2C4)c2ccccc2-3)c2ccc3c(ccc4ccccc43)c2)cc1. The zero-order valence-corrected chi connectivity index (χ0v) is 32.5. The van der Waals surface area contributed by atoms with Gasteiger partial charge in [-0.05, 0) is 133 Å². The van der Waals surface area contributed by atoms with Crippen molar-refractivity contribution in [3.8, 4) is 44.5 Å². The number of hydrogen-bond donors (Lipinski definition) is 0. The number of hydrogen-bond acceptors (Lipinski definition) is 1. The van der Waals surface area contributed by atoms with Crippen molar-refractivity contribution in [1.82, 2.24) is 0 Å². The van der Waals surface area contributed by atoms with Crippen LogP contribution in [0, 0.1) is 11.8 Å². The van der Waals surface area contributed by atoms with Crippen LogP contribution in [0.15, 0.2) is 200 Å². The molecular weight excluding hydrogens is 699 g/mol. The maximum absolute atomic E-state index is 2.59. The lowest BCUT2D eigenvalue weighted by Crippen LogP contribution is -2.32. The van der Waals surface area contributed by atoms with E-state index in [1.807, 2.05) is 0 Å². The first kappa shape index (κ1) is 33.4. The van der Waals surface area contributed by atoms with Crippen molar-refractivity contribution in [1.29, 1.82) is 0 Å². The lowest BCUT2D eigenvalue weighted by Gasteiger charge is -2.37. The fourth-order valence-electron chi connectivity index (χ4n) is 11.5. The van der Waals surface area contributed by atoms with Gasteiger partial charge in [0.25, 0.3) is 0 Å². The van der Waals surface area contributed by atoms with Gasteiger partial charge in [-0.15, -0.1) is 0 Å². The summed E-state index contributed by atoms with van der Waals surface area (Å²) < 4.78 is 0. The minimum atomic E-state index is 0.0894. The van der Waals surface area contributed by atoms with Crippen LogP contribution in [0.25, 0.3) is 66.1 Å². The summed E-state index contributed by atoms with van der Waals surface area (Å²) >= 11 is 0. The Labute approximate surface area is 340 Å². The van der Waals surface area contributed by atoms with E-state index in [-0.39, 0.29) is 5.41 Å². The molecule has 276 valence electrons. The predicted octanol–water partition coefficient (Wildman–Crippen LogP) is 15.6. The molecule has 9 aromatic rings. The molecule has 1 spiro atoms. The normalized spacial score (nSPS) is 18.8. The molecule has 2 saturated carbocycles. The van der Waals surface area contributed by atoms with Gasteiger partial charge in [0.2, 0.25) is 0 Å². The zero-order valence-electron chi connectivity index (χ0n) is 32.5. The van der Waals surface area contributed by atoms with Crippen LogP contribution in [0.5, 0.6) is 0 Å². The Hall–Kier alpha value is -6.70.